The van der Waals surface area contributed by atoms with E-state index in [4.69, 9.17) is 0 Å². The number of rotatable bonds is 6. The summed E-state index contributed by atoms with van der Waals surface area (Å²) in [6.45, 7) is 0. The lowest BCUT2D eigenvalue weighted by molar-refractivity contribution is -0.116. The number of carbonyl (C=O) groups is 2. The van der Waals surface area contributed by atoms with Crippen LogP contribution in [-0.4, -0.2) is 40.8 Å². The molecule has 1 aromatic heterocycles. The molecule has 0 radical (unpaired) electrons. The van der Waals surface area contributed by atoms with E-state index < -0.39 is 0 Å². The molecule has 3 rings (SSSR count). The van der Waals surface area contributed by atoms with Crippen molar-refractivity contribution in [3.8, 4) is 0 Å². The predicted octanol–water partition coefficient (Wildman–Crippen LogP) is 2.59. The SMILES string of the molecule is CN(C)C(=O)c1ccc(NC(=O)CCCc2nc3ccccc3c(=O)[nH]2)cc1. The lowest BCUT2D eigenvalue weighted by atomic mass is 10.1. The van der Waals surface area contributed by atoms with Crippen molar-refractivity contribution in [3.63, 3.8) is 0 Å². The molecule has 3 aromatic rings. The van der Waals surface area contributed by atoms with Gasteiger partial charge in [-0.2, -0.15) is 0 Å². The van der Waals surface area contributed by atoms with E-state index in [-0.39, 0.29) is 17.4 Å². The van der Waals surface area contributed by atoms with E-state index in [2.05, 4.69) is 15.3 Å². The Kier molecular flexibility index (Phi) is 5.84. The number of benzene rings is 2. The van der Waals surface area contributed by atoms with E-state index in [1.165, 1.54) is 4.90 Å². The molecule has 0 aliphatic heterocycles. The third kappa shape index (κ3) is 4.62. The molecule has 0 atom stereocenters. The number of aryl methyl sites for hydroxylation is 1. The number of hydrogen-bond donors (Lipinski definition) is 2. The van der Waals surface area contributed by atoms with Crippen LogP contribution in [0.25, 0.3) is 10.9 Å². The minimum absolute atomic E-state index is 0.0882. The molecule has 0 saturated heterocycles. The quantitative estimate of drug-likeness (QED) is 0.689. The fourth-order valence-electron chi connectivity index (χ4n) is 2.85. The Morgan fingerprint density at radius 2 is 1.79 bits per heavy atom. The van der Waals surface area contributed by atoms with E-state index in [0.717, 1.165) is 0 Å². The number of nitrogens with one attached hydrogen (secondary N) is 2. The Bertz CT molecular complexity index is 1060. The molecule has 28 heavy (non-hydrogen) atoms. The molecule has 144 valence electrons. The topological polar surface area (TPSA) is 95.2 Å². The summed E-state index contributed by atoms with van der Waals surface area (Å²) in [6.07, 6.45) is 1.36. The molecule has 0 fully saturated rings. The summed E-state index contributed by atoms with van der Waals surface area (Å²) in [6, 6.07) is 13.9. The Labute approximate surface area is 162 Å². The molecule has 0 bridgehead atoms. The Morgan fingerprint density at radius 1 is 1.07 bits per heavy atom. The van der Waals surface area contributed by atoms with Crippen LogP contribution in [0, 0.1) is 0 Å². The smallest absolute Gasteiger partial charge is 0.258 e. The molecule has 7 nitrogen and oxygen atoms in total. The van der Waals surface area contributed by atoms with Crippen LogP contribution in [0.2, 0.25) is 0 Å². The zero-order valence-electron chi connectivity index (χ0n) is 15.9. The highest BCUT2D eigenvalue weighted by atomic mass is 16.2. The summed E-state index contributed by atoms with van der Waals surface area (Å²) in [7, 11) is 3.38. The minimum Gasteiger partial charge on any atom is -0.345 e. The summed E-state index contributed by atoms with van der Waals surface area (Å²) >= 11 is 0. The summed E-state index contributed by atoms with van der Waals surface area (Å²) in [4.78, 5) is 44.7. The second kappa shape index (κ2) is 8.47. The van der Waals surface area contributed by atoms with Crippen molar-refractivity contribution in [2.75, 3.05) is 19.4 Å². The van der Waals surface area contributed by atoms with E-state index in [1.807, 2.05) is 6.07 Å². The van der Waals surface area contributed by atoms with Gasteiger partial charge in [0.1, 0.15) is 5.82 Å². The number of H-pyrrole nitrogens is 1. The van der Waals surface area contributed by atoms with Gasteiger partial charge in [0, 0.05) is 38.2 Å². The number of nitrogens with zero attached hydrogens (tertiary/aromatic N) is 2. The summed E-state index contributed by atoms with van der Waals surface area (Å²) < 4.78 is 0. The maximum Gasteiger partial charge on any atom is 0.258 e. The molecule has 1 heterocycles. The first-order valence-corrected chi connectivity index (χ1v) is 9.03. The van der Waals surface area contributed by atoms with Crippen molar-refractivity contribution in [3.05, 3.63) is 70.3 Å². The van der Waals surface area contributed by atoms with Crippen LogP contribution in [0.5, 0.6) is 0 Å². The molecule has 0 aliphatic rings. The minimum atomic E-state index is -0.169. The van der Waals surface area contributed by atoms with Crippen LogP contribution in [0.4, 0.5) is 5.69 Å². The molecule has 2 aromatic carbocycles. The summed E-state index contributed by atoms with van der Waals surface area (Å²) in [5, 5.41) is 3.36. The number of amides is 2. The zero-order chi connectivity index (χ0) is 20.1. The molecule has 2 N–H and O–H groups in total. The first-order chi connectivity index (χ1) is 13.4. The Hall–Kier alpha value is -3.48. The van der Waals surface area contributed by atoms with Gasteiger partial charge in [0.05, 0.1) is 10.9 Å². The molecular weight excluding hydrogens is 356 g/mol. The largest absolute Gasteiger partial charge is 0.345 e. The number of para-hydroxylation sites is 1. The van der Waals surface area contributed by atoms with Gasteiger partial charge < -0.3 is 15.2 Å². The molecule has 0 unspecified atom stereocenters. The predicted molar refractivity (Wildman–Crippen MR) is 108 cm³/mol. The number of anilines is 1. The van der Waals surface area contributed by atoms with Crippen LogP contribution in [0.15, 0.2) is 53.3 Å². The number of hydrogen-bond acceptors (Lipinski definition) is 4. The summed E-state index contributed by atoms with van der Waals surface area (Å²) in [5.74, 6) is 0.354. The summed E-state index contributed by atoms with van der Waals surface area (Å²) in [5.41, 5.74) is 1.68. The maximum atomic E-state index is 12.1. The highest BCUT2D eigenvalue weighted by molar-refractivity contribution is 5.95. The van der Waals surface area contributed by atoms with Crippen molar-refractivity contribution in [2.45, 2.75) is 19.3 Å². The number of fused-ring (bicyclic) bond motifs is 1. The zero-order valence-corrected chi connectivity index (χ0v) is 15.9. The van der Waals surface area contributed by atoms with E-state index in [9.17, 15) is 14.4 Å². The fraction of sp³-hybridized carbons (Fsp3) is 0.238. The highest BCUT2D eigenvalue weighted by Gasteiger charge is 2.09. The van der Waals surface area contributed by atoms with E-state index >= 15 is 0 Å². The second-order valence-electron chi connectivity index (χ2n) is 6.71. The van der Waals surface area contributed by atoms with Gasteiger partial charge in [-0.05, 0) is 42.8 Å². The van der Waals surface area contributed by atoms with Gasteiger partial charge in [0.25, 0.3) is 11.5 Å². The van der Waals surface area contributed by atoms with Crippen LogP contribution in [-0.2, 0) is 11.2 Å². The molecule has 2 amide bonds. The van der Waals surface area contributed by atoms with Crippen molar-refractivity contribution in [2.24, 2.45) is 0 Å². The van der Waals surface area contributed by atoms with Crippen molar-refractivity contribution in [1.29, 1.82) is 0 Å². The van der Waals surface area contributed by atoms with Crippen molar-refractivity contribution < 1.29 is 9.59 Å². The Balaban J connectivity index is 1.53. The first kappa shape index (κ1) is 19.3. The molecule has 0 saturated carbocycles. The Morgan fingerprint density at radius 3 is 2.50 bits per heavy atom. The van der Waals surface area contributed by atoms with Crippen molar-refractivity contribution in [1.82, 2.24) is 14.9 Å². The second-order valence-corrected chi connectivity index (χ2v) is 6.71. The van der Waals surface area contributed by atoms with Gasteiger partial charge in [0.15, 0.2) is 0 Å². The third-order valence-electron chi connectivity index (χ3n) is 4.30. The maximum absolute atomic E-state index is 12.1. The number of aromatic amines is 1. The number of aromatic nitrogens is 2. The monoisotopic (exact) mass is 378 g/mol. The van der Waals surface area contributed by atoms with Gasteiger partial charge in [-0.15, -0.1) is 0 Å². The molecule has 0 aliphatic carbocycles. The third-order valence-corrected chi connectivity index (χ3v) is 4.30. The van der Waals surface area contributed by atoms with Crippen LogP contribution in [0.1, 0.15) is 29.0 Å². The van der Waals surface area contributed by atoms with Gasteiger partial charge >= 0.3 is 0 Å². The van der Waals surface area contributed by atoms with E-state index in [0.29, 0.717) is 47.2 Å². The molecule has 7 heteroatoms. The van der Waals surface area contributed by atoms with Crippen molar-refractivity contribution >= 4 is 28.4 Å². The lowest BCUT2D eigenvalue weighted by Gasteiger charge is -2.11. The first-order valence-electron chi connectivity index (χ1n) is 9.03. The van der Waals surface area contributed by atoms with Gasteiger partial charge in [-0.25, -0.2) is 4.98 Å². The molecular formula is C21H22N4O3. The van der Waals surface area contributed by atoms with Crippen LogP contribution in [0.3, 0.4) is 0 Å². The normalized spacial score (nSPS) is 10.6. The van der Waals surface area contributed by atoms with Crippen LogP contribution >= 0.6 is 0 Å². The van der Waals surface area contributed by atoms with Gasteiger partial charge in [-0.3, -0.25) is 14.4 Å². The highest BCUT2D eigenvalue weighted by Crippen LogP contribution is 2.12. The number of carbonyl (C=O) groups excluding carboxylic acids is 2. The van der Waals surface area contributed by atoms with Gasteiger partial charge in [-0.1, -0.05) is 12.1 Å². The standard InChI is InChI=1S/C21H22N4O3/c1-25(2)21(28)14-10-12-15(13-11-14)22-19(26)9-5-8-18-23-17-7-4-3-6-16(17)20(27)24-18/h3-4,6-7,10-13H,5,8-9H2,1-2H3,(H,22,26)(H,23,24,27). The average Bonchev–Trinajstić information content (AvgIpc) is 2.68. The van der Waals surface area contributed by atoms with Gasteiger partial charge in [0.2, 0.25) is 5.91 Å². The fourth-order valence-corrected chi connectivity index (χ4v) is 2.85. The lowest BCUT2D eigenvalue weighted by Crippen LogP contribution is -2.21. The average molecular weight is 378 g/mol. The van der Waals surface area contributed by atoms with Crippen LogP contribution < -0.4 is 10.9 Å². The van der Waals surface area contributed by atoms with E-state index in [1.54, 1.807) is 56.6 Å². The molecule has 0 spiro atoms.